The van der Waals surface area contributed by atoms with Crippen molar-refractivity contribution in [2.24, 2.45) is 23.7 Å². The predicted octanol–water partition coefficient (Wildman–Crippen LogP) is 6.82. The molecule has 2 N–H and O–H groups in total. The van der Waals surface area contributed by atoms with Gasteiger partial charge in [0.25, 0.3) is 5.91 Å². The van der Waals surface area contributed by atoms with Crippen LogP contribution in [0, 0.1) is 23.7 Å². The molecule has 2 aromatic rings. The number of aryl methyl sites for hydroxylation is 1. The molecule has 1 saturated carbocycles. The number of sulfonamides is 1. The Morgan fingerprint density at radius 3 is 2.58 bits per heavy atom. The highest BCUT2D eigenvalue weighted by atomic mass is 35.5. The van der Waals surface area contributed by atoms with E-state index in [2.05, 4.69) is 21.6 Å². The fourth-order valence-corrected chi connectivity index (χ4v) is 10.3. The van der Waals surface area contributed by atoms with Crippen LogP contribution in [-0.4, -0.2) is 68.4 Å². The van der Waals surface area contributed by atoms with Gasteiger partial charge >= 0.3 is 0 Å². The number of carbonyl (C=O) groups excluding carboxylic acids is 1. The van der Waals surface area contributed by atoms with Gasteiger partial charge in [0.1, 0.15) is 12.4 Å². The van der Waals surface area contributed by atoms with Crippen molar-refractivity contribution in [2.75, 3.05) is 38.1 Å². The number of anilines is 1. The molecule has 2 bridgehead atoms. The number of nitrogens with one attached hydrogen (secondary N) is 1. The normalized spacial score (nSPS) is 32.0. The van der Waals surface area contributed by atoms with Gasteiger partial charge in [0.15, 0.2) is 0 Å². The number of hydrogen-bond donors (Lipinski definition) is 2. The van der Waals surface area contributed by atoms with E-state index in [4.69, 9.17) is 16.3 Å². The van der Waals surface area contributed by atoms with Crippen LogP contribution >= 0.6 is 11.6 Å². The lowest BCUT2D eigenvalue weighted by Crippen LogP contribution is -2.52. The van der Waals surface area contributed by atoms with E-state index < -0.39 is 26.8 Å². The monoisotopic (exact) mass is 699 g/mol. The van der Waals surface area contributed by atoms with E-state index in [1.165, 1.54) is 5.56 Å². The molecule has 1 amide bonds. The average molecular weight is 700 g/mol. The van der Waals surface area contributed by atoms with Gasteiger partial charge in [-0.15, -0.1) is 0 Å². The third-order valence-corrected chi connectivity index (χ3v) is 14.1. The molecular weight excluding hydrogens is 646 g/mol. The van der Waals surface area contributed by atoms with E-state index >= 15 is 0 Å². The first-order valence-electron chi connectivity index (χ1n) is 18.2. The van der Waals surface area contributed by atoms with Crippen molar-refractivity contribution < 1.29 is 23.1 Å². The van der Waals surface area contributed by atoms with Crippen LogP contribution in [0.1, 0.15) is 99.5 Å². The number of halogens is 1. The summed E-state index contributed by atoms with van der Waals surface area (Å²) in [6.07, 6.45) is 10.0. The minimum Gasteiger partial charge on any atom is -0.487 e. The lowest BCUT2D eigenvalue weighted by atomic mass is 9.60. The second-order valence-electron chi connectivity index (χ2n) is 15.4. The second-order valence-corrected chi connectivity index (χ2v) is 17.8. The van der Waals surface area contributed by atoms with Crippen LogP contribution in [0.2, 0.25) is 5.02 Å². The van der Waals surface area contributed by atoms with Crippen molar-refractivity contribution in [3.63, 3.8) is 0 Å². The summed E-state index contributed by atoms with van der Waals surface area (Å²) in [6, 6.07) is 11.2. The minimum atomic E-state index is -3.93. The molecule has 3 aliphatic heterocycles. The highest BCUT2D eigenvalue weighted by Gasteiger charge is 2.48. The molecule has 4 aliphatic rings. The number of aliphatic hydroxyl groups is 1. The molecule has 0 spiro atoms. The van der Waals surface area contributed by atoms with Crippen LogP contribution in [0.5, 0.6) is 5.75 Å². The highest BCUT2D eigenvalue weighted by Crippen LogP contribution is 2.49. The molecule has 264 valence electrons. The number of piperidine rings is 1. The Morgan fingerprint density at radius 1 is 0.979 bits per heavy atom. The van der Waals surface area contributed by atoms with E-state index in [1.807, 2.05) is 25.1 Å². The molecule has 1 aliphatic carbocycles. The molecule has 0 unspecified atom stereocenters. The van der Waals surface area contributed by atoms with E-state index in [-0.39, 0.29) is 11.8 Å². The van der Waals surface area contributed by atoms with Crippen molar-refractivity contribution >= 4 is 33.2 Å². The number of fused-ring (bicyclic) bond motifs is 3. The van der Waals surface area contributed by atoms with Gasteiger partial charge in [0, 0.05) is 30.2 Å². The molecule has 6 rings (SSSR count). The lowest BCUT2D eigenvalue weighted by Gasteiger charge is -2.51. The molecule has 2 aromatic carbocycles. The Bertz CT molecular complexity index is 1570. The van der Waals surface area contributed by atoms with Gasteiger partial charge in [-0.3, -0.25) is 4.79 Å². The third-order valence-electron chi connectivity index (χ3n) is 12.0. The summed E-state index contributed by atoms with van der Waals surface area (Å²) in [5.41, 5.74) is 2.57. The van der Waals surface area contributed by atoms with Crippen molar-refractivity contribution in [3.8, 4) is 5.75 Å². The fourth-order valence-electron chi connectivity index (χ4n) is 8.79. The van der Waals surface area contributed by atoms with Crippen LogP contribution in [0.25, 0.3) is 0 Å². The summed E-state index contributed by atoms with van der Waals surface area (Å²) in [6.45, 7) is 7.63. The van der Waals surface area contributed by atoms with Gasteiger partial charge in [-0.1, -0.05) is 31.0 Å². The molecule has 0 aromatic heterocycles. The number of nitrogens with zero attached hydrogens (tertiary/aromatic N) is 2. The first-order chi connectivity index (χ1) is 22.9. The number of rotatable bonds is 2. The van der Waals surface area contributed by atoms with Gasteiger partial charge < -0.3 is 19.6 Å². The lowest BCUT2D eigenvalue weighted by molar-refractivity contribution is -0.106. The molecule has 2 fully saturated rings. The maximum atomic E-state index is 13.5. The van der Waals surface area contributed by atoms with Crippen LogP contribution in [0.4, 0.5) is 5.69 Å². The highest BCUT2D eigenvalue weighted by molar-refractivity contribution is 7.90. The predicted molar refractivity (Wildman–Crippen MR) is 192 cm³/mol. The molecule has 8 nitrogen and oxygen atoms in total. The zero-order valence-corrected chi connectivity index (χ0v) is 30.5. The van der Waals surface area contributed by atoms with E-state index in [0.29, 0.717) is 47.6 Å². The van der Waals surface area contributed by atoms with Crippen molar-refractivity contribution in [1.29, 1.82) is 0 Å². The summed E-state index contributed by atoms with van der Waals surface area (Å²) in [5.74, 6) is 0.821. The van der Waals surface area contributed by atoms with Crippen LogP contribution in [-0.2, 0) is 23.1 Å². The molecule has 10 heteroatoms. The van der Waals surface area contributed by atoms with Crippen molar-refractivity contribution in [2.45, 2.75) is 102 Å². The summed E-state index contributed by atoms with van der Waals surface area (Å²) in [5, 5.41) is 12.6. The van der Waals surface area contributed by atoms with Crippen molar-refractivity contribution in [3.05, 3.63) is 58.1 Å². The zero-order chi connectivity index (χ0) is 34.1. The number of carbonyl (C=O) groups is 1. The first kappa shape index (κ1) is 35.5. The van der Waals surface area contributed by atoms with Gasteiger partial charge in [0.2, 0.25) is 10.0 Å². The van der Waals surface area contributed by atoms with E-state index in [1.54, 1.807) is 25.1 Å². The van der Waals surface area contributed by atoms with E-state index in [0.717, 1.165) is 95.2 Å². The molecular formula is C38H54ClN3O5S. The number of ether oxygens (including phenoxy) is 1. The van der Waals surface area contributed by atoms with Gasteiger partial charge in [-0.05, 0) is 150 Å². The van der Waals surface area contributed by atoms with Crippen LogP contribution < -0.4 is 14.4 Å². The molecule has 3 heterocycles. The summed E-state index contributed by atoms with van der Waals surface area (Å²) >= 11 is 6.37. The first-order valence-corrected chi connectivity index (χ1v) is 20.1. The zero-order valence-electron chi connectivity index (χ0n) is 28.9. The van der Waals surface area contributed by atoms with Gasteiger partial charge in [0.05, 0.1) is 16.5 Å². The number of hydrogen-bond acceptors (Lipinski definition) is 7. The average Bonchev–Trinajstić information content (AvgIpc) is 3.05. The molecule has 0 radical (unpaired) electrons. The largest absolute Gasteiger partial charge is 0.487 e. The Balaban J connectivity index is 1.37. The molecule has 1 saturated heterocycles. The second kappa shape index (κ2) is 14.9. The Labute approximate surface area is 292 Å². The standard InChI is InChI=1S/C38H54ClN3O5S/c1-26-8-6-17-38(44,22-28-9-7-18-41(3)23-28)34-15-12-31(34)24-42-19-5-4-10-29-20-33(39)14-11-32(29)25-47-36-16-13-30(21-35(36)42)37(43)40-48(45,46)27(26)2/h11,13-14,16,20-21,26-28,31,34,44H,4-10,12,15,17-19,22-25H2,1-3H3,(H,40,43)/t26-,27+,28-,31-,34+,38+/m0/s1. The van der Waals surface area contributed by atoms with Crippen molar-refractivity contribution in [1.82, 2.24) is 9.62 Å². The Morgan fingerprint density at radius 2 is 1.81 bits per heavy atom. The summed E-state index contributed by atoms with van der Waals surface area (Å²) < 4.78 is 35.8. The van der Waals surface area contributed by atoms with E-state index in [9.17, 15) is 18.3 Å². The third kappa shape index (κ3) is 8.00. The molecule has 6 atom stereocenters. The Hall–Kier alpha value is -2.33. The maximum Gasteiger partial charge on any atom is 0.264 e. The summed E-state index contributed by atoms with van der Waals surface area (Å²) in [7, 11) is -1.74. The van der Waals surface area contributed by atoms with Gasteiger partial charge in [-0.2, -0.15) is 0 Å². The smallest absolute Gasteiger partial charge is 0.264 e. The maximum absolute atomic E-state index is 13.5. The van der Waals surface area contributed by atoms with Crippen LogP contribution in [0.3, 0.4) is 0 Å². The molecule has 48 heavy (non-hydrogen) atoms. The Kier molecular flexibility index (Phi) is 11.0. The number of benzene rings is 2. The van der Waals surface area contributed by atoms with Gasteiger partial charge in [-0.25, -0.2) is 13.1 Å². The number of likely N-dealkylation sites (tertiary alicyclic amines) is 1. The SMILES string of the molecule is C[C@@H]1[C@@H](C)CCC[C@@](O)(C[C@@H]2CCCN(C)C2)[C@@H]2CC[C@H]2CN2CCCCc3cc(Cl)ccc3COc3ccc(cc32)C(=O)NS1(=O)=O. The fraction of sp³-hybridized carbons (Fsp3) is 0.658. The van der Waals surface area contributed by atoms with Crippen LogP contribution in [0.15, 0.2) is 36.4 Å². The summed E-state index contributed by atoms with van der Waals surface area (Å²) in [4.78, 5) is 18.2. The number of amides is 1. The quantitative estimate of drug-likeness (QED) is 0.355. The topological polar surface area (TPSA) is 99.2 Å². The minimum absolute atomic E-state index is 0.167.